The van der Waals surface area contributed by atoms with Crippen molar-refractivity contribution in [2.75, 3.05) is 11.9 Å². The molecular weight excluding hydrogens is 286 g/mol. The van der Waals surface area contributed by atoms with Crippen molar-refractivity contribution < 1.29 is 0 Å². The average Bonchev–Trinajstić information content (AvgIpc) is 2.61. The van der Waals surface area contributed by atoms with E-state index >= 15 is 0 Å². The van der Waals surface area contributed by atoms with E-state index in [0.29, 0.717) is 0 Å². The van der Waals surface area contributed by atoms with E-state index in [1.165, 1.54) is 10.1 Å². The molecule has 0 saturated heterocycles. The first kappa shape index (κ1) is 15.0. The zero-order valence-electron chi connectivity index (χ0n) is 13.2. The molecular formula is C18H19N5. The van der Waals surface area contributed by atoms with Gasteiger partial charge in [-0.2, -0.15) is 4.98 Å². The van der Waals surface area contributed by atoms with E-state index in [9.17, 15) is 0 Å². The van der Waals surface area contributed by atoms with Gasteiger partial charge >= 0.3 is 0 Å². The molecule has 0 aliphatic carbocycles. The number of aromatic nitrogens is 2. The van der Waals surface area contributed by atoms with Gasteiger partial charge in [-0.25, -0.2) is 0 Å². The van der Waals surface area contributed by atoms with Crippen molar-refractivity contribution in [3.8, 4) is 0 Å². The summed E-state index contributed by atoms with van der Waals surface area (Å²) in [7, 11) is 1.95. The second-order valence-electron chi connectivity index (χ2n) is 5.36. The summed E-state index contributed by atoms with van der Waals surface area (Å²) in [6, 6.07) is 16.0. The maximum atomic E-state index is 8.12. The Labute approximate surface area is 134 Å². The Morgan fingerprint density at radius 1 is 1.17 bits per heavy atom. The van der Waals surface area contributed by atoms with Crippen LogP contribution in [0.15, 0.2) is 48.5 Å². The van der Waals surface area contributed by atoms with Gasteiger partial charge in [-0.3, -0.25) is 15.4 Å². The first-order valence-electron chi connectivity index (χ1n) is 7.55. The molecule has 0 spiro atoms. The van der Waals surface area contributed by atoms with Crippen LogP contribution >= 0.6 is 0 Å². The van der Waals surface area contributed by atoms with E-state index < -0.39 is 0 Å². The van der Waals surface area contributed by atoms with Crippen LogP contribution in [0.3, 0.4) is 0 Å². The molecule has 5 nitrogen and oxygen atoms in total. The zero-order chi connectivity index (χ0) is 16.4. The van der Waals surface area contributed by atoms with Crippen LogP contribution in [0, 0.1) is 10.8 Å². The maximum absolute atomic E-state index is 8.12. The van der Waals surface area contributed by atoms with Gasteiger partial charge in [-0.1, -0.05) is 31.2 Å². The SMILES string of the molecule is CCc1ccc2c(c1)c(N(C)c1ccccc1)nc(=N)n2C=N. The van der Waals surface area contributed by atoms with E-state index in [2.05, 4.69) is 18.0 Å². The minimum atomic E-state index is 0.0505. The summed E-state index contributed by atoms with van der Waals surface area (Å²) in [6.45, 7) is 2.11. The highest BCUT2D eigenvalue weighted by Gasteiger charge is 2.13. The lowest BCUT2D eigenvalue weighted by molar-refractivity contribution is 0.914. The summed E-state index contributed by atoms with van der Waals surface area (Å²) in [6.07, 6.45) is 2.06. The molecule has 2 N–H and O–H groups in total. The van der Waals surface area contributed by atoms with Crippen molar-refractivity contribution in [3.63, 3.8) is 0 Å². The fourth-order valence-corrected chi connectivity index (χ4v) is 2.68. The molecule has 1 aromatic heterocycles. The van der Waals surface area contributed by atoms with Gasteiger partial charge in [0.05, 0.1) is 11.9 Å². The minimum absolute atomic E-state index is 0.0505. The summed E-state index contributed by atoms with van der Waals surface area (Å²) in [5, 5.41) is 16.6. The smallest absolute Gasteiger partial charge is 0.229 e. The molecule has 0 saturated carbocycles. The first-order valence-corrected chi connectivity index (χ1v) is 7.55. The number of nitrogens with zero attached hydrogens (tertiary/aromatic N) is 3. The normalized spacial score (nSPS) is 10.7. The molecule has 0 radical (unpaired) electrons. The molecule has 3 aromatic rings. The molecule has 23 heavy (non-hydrogen) atoms. The highest BCUT2D eigenvalue weighted by molar-refractivity contribution is 5.94. The molecule has 1 heterocycles. The van der Waals surface area contributed by atoms with Gasteiger partial charge in [0, 0.05) is 18.1 Å². The summed E-state index contributed by atoms with van der Waals surface area (Å²) < 4.78 is 1.48. The number of anilines is 2. The van der Waals surface area contributed by atoms with E-state index in [1.54, 1.807) is 0 Å². The summed E-state index contributed by atoms with van der Waals surface area (Å²) >= 11 is 0. The van der Waals surface area contributed by atoms with Gasteiger partial charge in [0.25, 0.3) is 0 Å². The Morgan fingerprint density at radius 2 is 1.91 bits per heavy atom. The van der Waals surface area contributed by atoms with Crippen molar-refractivity contribution in [3.05, 3.63) is 59.7 Å². The van der Waals surface area contributed by atoms with Crippen LogP contribution < -0.4 is 10.5 Å². The fraction of sp³-hybridized carbons (Fsp3) is 0.167. The van der Waals surface area contributed by atoms with Crippen LogP contribution in [0.4, 0.5) is 11.5 Å². The molecule has 0 aliphatic heterocycles. The molecule has 0 fully saturated rings. The highest BCUT2D eigenvalue weighted by atomic mass is 15.2. The molecule has 5 heteroatoms. The van der Waals surface area contributed by atoms with Crippen LogP contribution in [-0.4, -0.2) is 22.9 Å². The van der Waals surface area contributed by atoms with E-state index in [1.807, 2.05) is 54.4 Å². The standard InChI is InChI=1S/C18H19N5/c1-3-13-9-10-16-15(11-13)17(21-18(20)23(16)12-19)22(2)14-7-5-4-6-8-14/h4-12,19-20H,3H2,1-2H3. The van der Waals surface area contributed by atoms with E-state index in [0.717, 1.165) is 35.2 Å². The largest absolute Gasteiger partial charge is 0.329 e. The Morgan fingerprint density at radius 3 is 2.57 bits per heavy atom. The van der Waals surface area contributed by atoms with Crippen LogP contribution in [0.1, 0.15) is 12.5 Å². The van der Waals surface area contributed by atoms with Gasteiger partial charge in [0.15, 0.2) is 0 Å². The number of hydrogen-bond donors (Lipinski definition) is 2. The van der Waals surface area contributed by atoms with Crippen LogP contribution in [-0.2, 0) is 6.42 Å². The van der Waals surface area contributed by atoms with Gasteiger partial charge < -0.3 is 4.90 Å². The number of fused-ring (bicyclic) bond motifs is 1. The Bertz CT molecular complexity index is 912. The number of para-hydroxylation sites is 1. The Hall–Kier alpha value is -2.95. The zero-order valence-corrected chi connectivity index (χ0v) is 13.2. The van der Waals surface area contributed by atoms with Crippen molar-refractivity contribution in [2.45, 2.75) is 13.3 Å². The van der Waals surface area contributed by atoms with Crippen LogP contribution in [0.25, 0.3) is 10.9 Å². The third-order valence-electron chi connectivity index (χ3n) is 4.00. The lowest BCUT2D eigenvalue weighted by Crippen LogP contribution is -2.26. The molecule has 3 rings (SSSR count). The molecule has 0 atom stereocenters. The number of benzene rings is 2. The third kappa shape index (κ3) is 2.61. The summed E-state index contributed by atoms with van der Waals surface area (Å²) in [4.78, 5) is 6.41. The maximum Gasteiger partial charge on any atom is 0.229 e. The highest BCUT2D eigenvalue weighted by Crippen LogP contribution is 2.28. The van der Waals surface area contributed by atoms with Crippen molar-refractivity contribution in [1.29, 1.82) is 10.8 Å². The second kappa shape index (κ2) is 6.04. The molecule has 0 bridgehead atoms. The molecule has 116 valence electrons. The van der Waals surface area contributed by atoms with Crippen LogP contribution in [0.5, 0.6) is 0 Å². The van der Waals surface area contributed by atoms with Gasteiger partial charge in [0.1, 0.15) is 5.82 Å². The predicted molar refractivity (Wildman–Crippen MR) is 93.7 cm³/mol. The Kier molecular flexibility index (Phi) is 3.93. The topological polar surface area (TPSA) is 68.8 Å². The average molecular weight is 305 g/mol. The number of hydrogen-bond acceptors (Lipinski definition) is 4. The fourth-order valence-electron chi connectivity index (χ4n) is 2.68. The van der Waals surface area contributed by atoms with Gasteiger partial charge in [0.2, 0.25) is 5.62 Å². The predicted octanol–water partition coefficient (Wildman–Crippen LogP) is 3.30. The lowest BCUT2D eigenvalue weighted by Gasteiger charge is -2.21. The number of nitrogens with one attached hydrogen (secondary N) is 2. The number of aryl methyl sites for hydroxylation is 1. The number of rotatable bonds is 4. The molecule has 2 aromatic carbocycles. The van der Waals surface area contributed by atoms with Gasteiger partial charge in [-0.05, 0) is 36.2 Å². The summed E-state index contributed by atoms with van der Waals surface area (Å²) in [5.41, 5.74) is 3.08. The van der Waals surface area contributed by atoms with Crippen molar-refractivity contribution in [1.82, 2.24) is 9.55 Å². The minimum Gasteiger partial charge on any atom is -0.329 e. The van der Waals surface area contributed by atoms with Gasteiger partial charge in [-0.15, -0.1) is 0 Å². The first-order chi connectivity index (χ1) is 11.2. The van der Waals surface area contributed by atoms with Crippen LogP contribution in [0.2, 0.25) is 0 Å². The molecule has 0 aliphatic rings. The lowest BCUT2D eigenvalue weighted by atomic mass is 10.1. The summed E-state index contributed by atoms with van der Waals surface area (Å²) in [5.74, 6) is 0.726. The Balaban J connectivity index is 2.31. The van der Waals surface area contributed by atoms with E-state index in [4.69, 9.17) is 10.8 Å². The second-order valence-corrected chi connectivity index (χ2v) is 5.36. The third-order valence-corrected chi connectivity index (χ3v) is 4.00. The monoisotopic (exact) mass is 305 g/mol. The molecule has 0 amide bonds. The van der Waals surface area contributed by atoms with Crippen molar-refractivity contribution >= 4 is 28.7 Å². The molecule has 0 unspecified atom stereocenters. The quantitative estimate of drug-likeness (QED) is 0.573. The van der Waals surface area contributed by atoms with Crippen molar-refractivity contribution in [2.24, 2.45) is 0 Å². The van der Waals surface area contributed by atoms with E-state index in [-0.39, 0.29) is 5.62 Å².